The minimum absolute atomic E-state index is 0.272. The molecule has 0 aliphatic carbocycles. The lowest BCUT2D eigenvalue weighted by molar-refractivity contribution is 0.475. The monoisotopic (exact) mass is 329 g/mol. The summed E-state index contributed by atoms with van der Waals surface area (Å²) < 4.78 is 2.11. The van der Waals surface area contributed by atoms with Crippen LogP contribution in [0.4, 0.5) is 0 Å². The van der Waals surface area contributed by atoms with Crippen LogP contribution in [0, 0.1) is 0 Å². The van der Waals surface area contributed by atoms with Crippen LogP contribution in [-0.2, 0) is 0 Å². The lowest BCUT2D eigenvalue weighted by atomic mass is 9.96. The van der Waals surface area contributed by atoms with E-state index in [1.54, 1.807) is 18.3 Å². The Kier molecular flexibility index (Phi) is 4.17. The summed E-state index contributed by atoms with van der Waals surface area (Å²) in [6, 6.07) is 15.4. The highest BCUT2D eigenvalue weighted by atomic mass is 16.3. The number of hydrogen-bond acceptors (Lipinski definition) is 3. The lowest BCUT2D eigenvalue weighted by Gasteiger charge is -2.17. The molecule has 1 aliphatic rings. The van der Waals surface area contributed by atoms with E-state index in [0.717, 1.165) is 42.0 Å². The number of phenols is 1. The molecular formula is C21H19N3O. The van der Waals surface area contributed by atoms with Crippen LogP contribution in [0.25, 0.3) is 11.8 Å². The Balaban J connectivity index is 1.73. The Bertz CT molecular complexity index is 921. The van der Waals surface area contributed by atoms with Crippen LogP contribution >= 0.6 is 0 Å². The molecule has 4 nitrogen and oxygen atoms in total. The average Bonchev–Trinajstić information content (AvgIpc) is 3.12. The molecule has 25 heavy (non-hydrogen) atoms. The molecule has 0 unspecified atom stereocenters. The van der Waals surface area contributed by atoms with E-state index in [9.17, 15) is 5.11 Å². The van der Waals surface area contributed by atoms with Crippen molar-refractivity contribution in [1.29, 1.82) is 0 Å². The number of allylic oxidation sites excluding steroid dienone is 1. The first-order valence-corrected chi connectivity index (χ1v) is 8.44. The van der Waals surface area contributed by atoms with Gasteiger partial charge in [0.05, 0.1) is 5.71 Å². The summed E-state index contributed by atoms with van der Waals surface area (Å²) in [5.74, 6) is 0.272. The molecule has 4 rings (SSSR count). The number of hydrogen-bond donors (Lipinski definition) is 1. The molecule has 0 bridgehead atoms. The molecule has 0 spiro atoms. The minimum Gasteiger partial charge on any atom is -0.508 e. The molecule has 4 heteroatoms. The van der Waals surface area contributed by atoms with E-state index in [1.165, 1.54) is 5.57 Å². The minimum atomic E-state index is 0.272. The van der Waals surface area contributed by atoms with Gasteiger partial charge in [-0.1, -0.05) is 0 Å². The van der Waals surface area contributed by atoms with E-state index < -0.39 is 0 Å². The smallest absolute Gasteiger partial charge is 0.115 e. The third-order valence-electron chi connectivity index (χ3n) is 4.34. The highest BCUT2D eigenvalue weighted by Crippen LogP contribution is 2.24. The molecule has 2 aromatic heterocycles. The zero-order valence-electron chi connectivity index (χ0n) is 13.8. The molecule has 1 aromatic carbocycles. The Morgan fingerprint density at radius 1 is 1.04 bits per heavy atom. The van der Waals surface area contributed by atoms with Gasteiger partial charge < -0.3 is 9.67 Å². The van der Waals surface area contributed by atoms with E-state index in [2.05, 4.69) is 27.8 Å². The normalized spacial score (nSPS) is 16.0. The van der Waals surface area contributed by atoms with Crippen molar-refractivity contribution in [2.45, 2.75) is 12.8 Å². The van der Waals surface area contributed by atoms with Gasteiger partial charge in [0.25, 0.3) is 0 Å². The van der Waals surface area contributed by atoms with Crippen molar-refractivity contribution in [3.8, 4) is 11.4 Å². The van der Waals surface area contributed by atoms with Crippen molar-refractivity contribution < 1.29 is 5.11 Å². The fraction of sp³-hybridized carbons (Fsp3) is 0.143. The van der Waals surface area contributed by atoms with Crippen molar-refractivity contribution in [3.05, 3.63) is 84.0 Å². The molecule has 0 atom stereocenters. The van der Waals surface area contributed by atoms with Gasteiger partial charge in [-0.2, -0.15) is 0 Å². The number of aliphatic imine (C=N–C) groups is 1. The van der Waals surface area contributed by atoms with Crippen LogP contribution in [0.15, 0.2) is 77.7 Å². The van der Waals surface area contributed by atoms with Gasteiger partial charge in [-0.25, -0.2) is 0 Å². The fourth-order valence-electron chi connectivity index (χ4n) is 3.14. The third kappa shape index (κ3) is 3.24. The summed E-state index contributed by atoms with van der Waals surface area (Å²) in [5, 5.41) is 9.50. The zero-order chi connectivity index (χ0) is 17.1. The second kappa shape index (κ2) is 6.77. The van der Waals surface area contributed by atoms with Gasteiger partial charge in [-0.05, 0) is 73.0 Å². The van der Waals surface area contributed by atoms with Gasteiger partial charge in [-0.15, -0.1) is 0 Å². The largest absolute Gasteiger partial charge is 0.508 e. The fourth-order valence-corrected chi connectivity index (χ4v) is 3.14. The summed E-state index contributed by atoms with van der Waals surface area (Å²) in [6.07, 6.45) is 9.97. The lowest BCUT2D eigenvalue weighted by Crippen LogP contribution is -2.12. The summed E-state index contributed by atoms with van der Waals surface area (Å²) in [6.45, 7) is 0.862. The summed E-state index contributed by atoms with van der Waals surface area (Å²) in [7, 11) is 0. The molecule has 0 radical (unpaired) electrons. The molecule has 0 saturated heterocycles. The van der Waals surface area contributed by atoms with Crippen LogP contribution in [0.5, 0.6) is 5.75 Å². The van der Waals surface area contributed by atoms with Crippen LogP contribution in [-0.4, -0.2) is 26.9 Å². The van der Waals surface area contributed by atoms with Gasteiger partial charge in [0.15, 0.2) is 0 Å². The van der Waals surface area contributed by atoms with E-state index >= 15 is 0 Å². The van der Waals surface area contributed by atoms with E-state index in [1.807, 2.05) is 36.7 Å². The number of nitrogens with zero attached hydrogens (tertiary/aromatic N) is 3. The van der Waals surface area contributed by atoms with Crippen LogP contribution in [0.3, 0.4) is 0 Å². The Labute approximate surface area is 146 Å². The number of rotatable bonds is 3. The standard InChI is InChI=1S/C21H19N3O/c25-20-9-7-18(8-10-20)24-13-3-6-19(24)14-16-4-2-12-23-21(16)17-5-1-11-22-15-17/h1,3,5-11,13-15,25H,2,4,12H2/b16-14+. The number of aromatic nitrogens is 2. The molecule has 1 N–H and O–H groups in total. The third-order valence-corrected chi connectivity index (χ3v) is 4.34. The van der Waals surface area contributed by atoms with Crippen LogP contribution < -0.4 is 0 Å². The maximum absolute atomic E-state index is 9.50. The van der Waals surface area contributed by atoms with Crippen molar-refractivity contribution in [3.63, 3.8) is 0 Å². The molecule has 1 aliphatic heterocycles. The van der Waals surface area contributed by atoms with Crippen LogP contribution in [0.2, 0.25) is 0 Å². The van der Waals surface area contributed by atoms with Crippen molar-refractivity contribution in [2.24, 2.45) is 4.99 Å². The van der Waals surface area contributed by atoms with E-state index in [-0.39, 0.29) is 5.75 Å². The Morgan fingerprint density at radius 2 is 1.92 bits per heavy atom. The van der Waals surface area contributed by atoms with Crippen molar-refractivity contribution in [1.82, 2.24) is 9.55 Å². The summed E-state index contributed by atoms with van der Waals surface area (Å²) >= 11 is 0. The predicted octanol–water partition coefficient (Wildman–Crippen LogP) is 4.24. The molecule has 3 aromatic rings. The van der Waals surface area contributed by atoms with Gasteiger partial charge in [-0.3, -0.25) is 9.98 Å². The van der Waals surface area contributed by atoms with Crippen LogP contribution in [0.1, 0.15) is 24.1 Å². The molecule has 0 fully saturated rings. The molecule has 0 saturated carbocycles. The van der Waals surface area contributed by atoms with Crippen molar-refractivity contribution in [2.75, 3.05) is 6.54 Å². The zero-order valence-corrected chi connectivity index (χ0v) is 13.8. The maximum Gasteiger partial charge on any atom is 0.115 e. The number of pyridine rings is 1. The Morgan fingerprint density at radius 3 is 2.72 bits per heavy atom. The van der Waals surface area contributed by atoms with Gasteiger partial charge in [0, 0.05) is 42.1 Å². The molecule has 124 valence electrons. The quantitative estimate of drug-likeness (QED) is 0.781. The van der Waals surface area contributed by atoms with E-state index in [4.69, 9.17) is 4.99 Å². The van der Waals surface area contributed by atoms with Gasteiger partial charge >= 0.3 is 0 Å². The Hall–Kier alpha value is -3.14. The average molecular weight is 329 g/mol. The first-order valence-electron chi connectivity index (χ1n) is 8.44. The molecular weight excluding hydrogens is 310 g/mol. The predicted molar refractivity (Wildman–Crippen MR) is 100 cm³/mol. The first kappa shape index (κ1) is 15.4. The van der Waals surface area contributed by atoms with Crippen molar-refractivity contribution >= 4 is 11.8 Å². The first-order chi connectivity index (χ1) is 12.3. The molecule has 0 amide bonds. The highest BCUT2D eigenvalue weighted by molar-refractivity contribution is 6.15. The maximum atomic E-state index is 9.50. The highest BCUT2D eigenvalue weighted by Gasteiger charge is 2.15. The molecule has 3 heterocycles. The SMILES string of the molecule is Oc1ccc(-n2cccc2/C=C2\CCCN=C2c2cccnc2)cc1. The summed E-state index contributed by atoms with van der Waals surface area (Å²) in [5.41, 5.74) is 5.46. The summed E-state index contributed by atoms with van der Waals surface area (Å²) in [4.78, 5) is 8.97. The topological polar surface area (TPSA) is 50.4 Å². The van der Waals surface area contributed by atoms with Gasteiger partial charge in [0.2, 0.25) is 0 Å². The second-order valence-electron chi connectivity index (χ2n) is 6.06. The van der Waals surface area contributed by atoms with E-state index in [0.29, 0.717) is 0 Å². The second-order valence-corrected chi connectivity index (χ2v) is 6.06. The number of phenolic OH excluding ortho intramolecular Hbond substituents is 1. The van der Waals surface area contributed by atoms with Gasteiger partial charge in [0.1, 0.15) is 5.75 Å². The number of aromatic hydroxyl groups is 1. The number of benzene rings is 1.